The molecule has 0 aliphatic rings. The minimum Gasteiger partial charge on any atom is -1.00 e. The van der Waals surface area contributed by atoms with Crippen molar-refractivity contribution in [3.8, 4) is 5.75 Å². The van der Waals surface area contributed by atoms with Crippen LogP contribution in [-0.4, -0.2) is 62.0 Å². The van der Waals surface area contributed by atoms with Crippen molar-refractivity contribution in [1.82, 2.24) is 0 Å². The molecule has 78 valence electrons. The van der Waals surface area contributed by atoms with Crippen LogP contribution in [0, 0.1) is 0 Å². The summed E-state index contributed by atoms with van der Waals surface area (Å²) in [5, 5.41) is 16.8. The van der Waals surface area contributed by atoms with E-state index in [2.05, 4.69) is 4.33 Å². The van der Waals surface area contributed by atoms with Gasteiger partial charge in [-0.15, -0.1) is 4.33 Å². The Morgan fingerprint density at radius 2 is 1.93 bits per heavy atom. The van der Waals surface area contributed by atoms with Crippen LogP contribution < -0.4 is 0 Å². The molecule has 8 heteroatoms. The van der Waals surface area contributed by atoms with E-state index in [0.717, 1.165) is 6.07 Å². The Morgan fingerprint density at radius 3 is 2.36 bits per heavy atom. The van der Waals surface area contributed by atoms with Crippen LogP contribution in [-0.2, 0) is 14.5 Å². The third-order valence-electron chi connectivity index (χ3n) is 1.20. The van der Waals surface area contributed by atoms with Crippen molar-refractivity contribution < 1.29 is 31.4 Å². The monoisotopic (exact) mass is 250 g/mol. The fourth-order valence-corrected chi connectivity index (χ4v) is 1.28. The Bertz CT molecular complexity index is 384. The Hall–Kier alpha value is 0.110. The first kappa shape index (κ1) is 16.5. The first-order chi connectivity index (χ1) is 5.56. The molecule has 6 nitrogen and oxygen atoms in total. The molecule has 0 aliphatic carbocycles. The van der Waals surface area contributed by atoms with E-state index in [9.17, 15) is 8.42 Å². The van der Waals surface area contributed by atoms with Crippen LogP contribution in [0.1, 0.15) is 2.85 Å². The van der Waals surface area contributed by atoms with Gasteiger partial charge in [-0.05, 0) is 12.1 Å². The average molecular weight is 250 g/mol. The molecule has 0 bridgehead atoms. The maximum Gasteiger partial charge on any atom is 2.00 e. The summed E-state index contributed by atoms with van der Waals surface area (Å²) >= 11 is 0. The van der Waals surface area contributed by atoms with Gasteiger partial charge >= 0.3 is 47.9 Å². The smallest absolute Gasteiger partial charge is 1.00 e. The van der Waals surface area contributed by atoms with Gasteiger partial charge in [0, 0.05) is 6.07 Å². The standard InChI is InChI=1S/C6H6O5S.Ca.H2O.2H/c7-5-2-1-3-6(4-5)12(9,10)11-8;;;;/h1-4,7-8H;;1H2;;/q;+2;;2*-1. The van der Waals surface area contributed by atoms with Crippen molar-refractivity contribution in [1.29, 1.82) is 0 Å². The quantitative estimate of drug-likeness (QED) is 0.420. The molecule has 0 aliphatic heterocycles. The molecule has 14 heavy (non-hydrogen) atoms. The van der Waals surface area contributed by atoms with E-state index in [1.165, 1.54) is 18.2 Å². The average Bonchev–Trinajstić information content (AvgIpc) is 2.05. The fraction of sp³-hybridized carbons (Fsp3) is 0. The van der Waals surface area contributed by atoms with Gasteiger partial charge in [-0.3, -0.25) is 0 Å². The van der Waals surface area contributed by atoms with Crippen molar-refractivity contribution in [2.75, 3.05) is 0 Å². The van der Waals surface area contributed by atoms with Crippen LogP contribution >= 0.6 is 0 Å². The minimum atomic E-state index is -4.13. The summed E-state index contributed by atoms with van der Waals surface area (Å²) < 4.78 is 24.8. The van der Waals surface area contributed by atoms with Gasteiger partial charge in [0.15, 0.2) is 0 Å². The van der Waals surface area contributed by atoms with E-state index < -0.39 is 10.1 Å². The molecule has 1 aromatic rings. The zero-order valence-electron chi connectivity index (χ0n) is 9.04. The van der Waals surface area contributed by atoms with Gasteiger partial charge in [0.25, 0.3) is 0 Å². The molecule has 0 saturated heterocycles. The second-order valence-corrected chi connectivity index (χ2v) is 3.55. The number of benzene rings is 1. The molecule has 4 N–H and O–H groups in total. The van der Waals surface area contributed by atoms with E-state index in [4.69, 9.17) is 10.4 Å². The topological polar surface area (TPSA) is 115 Å². The van der Waals surface area contributed by atoms with E-state index in [-0.39, 0.29) is 56.7 Å². The van der Waals surface area contributed by atoms with Gasteiger partial charge in [-0.1, -0.05) is 6.07 Å². The third-order valence-corrected chi connectivity index (χ3v) is 2.23. The number of hydrogen-bond acceptors (Lipinski definition) is 5. The van der Waals surface area contributed by atoms with Crippen molar-refractivity contribution in [2.45, 2.75) is 4.90 Å². The van der Waals surface area contributed by atoms with Gasteiger partial charge in [0.1, 0.15) is 10.6 Å². The van der Waals surface area contributed by atoms with E-state index in [1.807, 2.05) is 0 Å². The molecule has 0 saturated carbocycles. The Kier molecular flexibility index (Phi) is 7.76. The first-order valence-corrected chi connectivity index (χ1v) is 4.34. The zero-order valence-corrected chi connectivity index (χ0v) is 10.1. The molecule has 0 fully saturated rings. The molecule has 0 atom stereocenters. The second kappa shape index (κ2) is 6.57. The maximum atomic E-state index is 10.8. The van der Waals surface area contributed by atoms with Crippen LogP contribution in [0.3, 0.4) is 0 Å². The number of hydrogen-bond donors (Lipinski definition) is 2. The van der Waals surface area contributed by atoms with Crippen LogP contribution in [0.4, 0.5) is 0 Å². The summed E-state index contributed by atoms with van der Waals surface area (Å²) in [6, 6.07) is 4.77. The summed E-state index contributed by atoms with van der Waals surface area (Å²) in [7, 11) is -4.13. The van der Waals surface area contributed by atoms with Crippen LogP contribution in [0.25, 0.3) is 0 Å². The molecule has 1 aromatic carbocycles. The summed E-state index contributed by atoms with van der Waals surface area (Å²) in [6.45, 7) is 0. The molecule has 0 unspecified atom stereocenters. The Balaban J connectivity index is -0.000000180. The molecule has 1 rings (SSSR count). The molecular weight excluding hydrogens is 240 g/mol. The number of rotatable bonds is 2. The van der Waals surface area contributed by atoms with Crippen molar-refractivity contribution >= 4 is 47.9 Å². The molecule has 0 spiro atoms. The Morgan fingerprint density at radius 1 is 1.36 bits per heavy atom. The van der Waals surface area contributed by atoms with Gasteiger partial charge in [0.2, 0.25) is 0 Å². The Labute approximate surface area is 113 Å². The minimum absolute atomic E-state index is 0. The fourth-order valence-electron chi connectivity index (χ4n) is 0.682. The van der Waals surface area contributed by atoms with Crippen LogP contribution in [0.5, 0.6) is 5.75 Å². The van der Waals surface area contributed by atoms with Crippen molar-refractivity contribution in [2.24, 2.45) is 0 Å². The van der Waals surface area contributed by atoms with Gasteiger partial charge in [-0.25, -0.2) is 5.26 Å². The third kappa shape index (κ3) is 4.09. The molecular formula is C6H10CaO6S. The van der Waals surface area contributed by atoms with E-state index in [0.29, 0.717) is 0 Å². The van der Waals surface area contributed by atoms with Crippen molar-refractivity contribution in [3.63, 3.8) is 0 Å². The maximum absolute atomic E-state index is 10.8. The van der Waals surface area contributed by atoms with Gasteiger partial charge in [0.05, 0.1) is 0 Å². The second-order valence-electron chi connectivity index (χ2n) is 2.03. The summed E-state index contributed by atoms with van der Waals surface area (Å²) in [4.78, 5) is -0.301. The SMILES string of the molecule is O.O=S(=O)(OO)c1cccc(O)c1.[Ca+2].[H-].[H-]. The van der Waals surface area contributed by atoms with Crippen LogP contribution in [0.2, 0.25) is 0 Å². The van der Waals surface area contributed by atoms with Gasteiger partial charge in [-0.2, -0.15) is 8.42 Å². The van der Waals surface area contributed by atoms with Crippen molar-refractivity contribution in [3.05, 3.63) is 24.3 Å². The van der Waals surface area contributed by atoms with E-state index in [1.54, 1.807) is 0 Å². The molecule has 0 heterocycles. The van der Waals surface area contributed by atoms with Gasteiger partial charge < -0.3 is 13.4 Å². The van der Waals surface area contributed by atoms with E-state index >= 15 is 0 Å². The predicted molar refractivity (Wildman–Crippen MR) is 50.6 cm³/mol. The predicted octanol–water partition coefficient (Wildman–Crippen LogP) is -0.410. The normalized spacial score (nSPS) is 9.79. The number of phenolic OH excluding ortho intramolecular Hbond substituents is 1. The largest absolute Gasteiger partial charge is 2.00 e. The number of aromatic hydroxyl groups is 1. The molecule has 0 aromatic heterocycles. The number of phenols is 1. The first-order valence-electron chi connectivity index (χ1n) is 2.93. The summed E-state index contributed by atoms with van der Waals surface area (Å²) in [6.07, 6.45) is 0. The molecule has 0 radical (unpaired) electrons. The zero-order chi connectivity index (χ0) is 9.19. The molecule has 0 amide bonds. The summed E-state index contributed by atoms with van der Waals surface area (Å²) in [5.74, 6) is -0.215. The summed E-state index contributed by atoms with van der Waals surface area (Å²) in [5.41, 5.74) is 0. The van der Waals surface area contributed by atoms with Crippen LogP contribution in [0.15, 0.2) is 29.2 Å².